The molecule has 0 atom stereocenters. The van der Waals surface area contributed by atoms with E-state index in [9.17, 15) is 19.2 Å². The summed E-state index contributed by atoms with van der Waals surface area (Å²) in [4.78, 5) is 54.0. The molecular weight excluding hydrogens is 374 g/mol. The molecule has 1 aliphatic carbocycles. The van der Waals surface area contributed by atoms with Crippen LogP contribution in [0.5, 0.6) is 5.75 Å². The van der Waals surface area contributed by atoms with E-state index in [1.807, 2.05) is 6.92 Å². The van der Waals surface area contributed by atoms with E-state index in [-0.39, 0.29) is 17.6 Å². The first-order valence-electron chi connectivity index (χ1n) is 10.2. The van der Waals surface area contributed by atoms with Crippen molar-refractivity contribution in [1.82, 2.24) is 9.80 Å². The van der Waals surface area contributed by atoms with Gasteiger partial charge in [-0.05, 0) is 38.8 Å². The van der Waals surface area contributed by atoms with E-state index in [0.717, 1.165) is 41.9 Å². The average molecular weight is 401 g/mol. The van der Waals surface area contributed by atoms with E-state index in [2.05, 4.69) is 0 Å². The van der Waals surface area contributed by atoms with Gasteiger partial charge in [-0.1, -0.05) is 31.4 Å². The van der Waals surface area contributed by atoms with Crippen LogP contribution in [0, 0.1) is 0 Å². The number of amides is 5. The molecule has 8 nitrogen and oxygen atoms in total. The Morgan fingerprint density at radius 2 is 1.76 bits per heavy atom. The molecule has 0 unspecified atom stereocenters. The van der Waals surface area contributed by atoms with E-state index in [4.69, 9.17) is 4.74 Å². The summed E-state index contributed by atoms with van der Waals surface area (Å²) >= 11 is 0. The maximum Gasteiger partial charge on any atom is 0.339 e. The van der Waals surface area contributed by atoms with Crippen molar-refractivity contribution in [3.8, 4) is 5.75 Å². The Morgan fingerprint density at radius 3 is 2.41 bits per heavy atom. The Morgan fingerprint density at radius 1 is 1.07 bits per heavy atom. The number of nitrogens with zero attached hydrogens (tertiary/aromatic N) is 3. The highest BCUT2D eigenvalue weighted by Gasteiger charge is 2.47. The molecule has 1 aromatic rings. The Bertz CT molecular complexity index is 803. The number of likely N-dealkylation sites (N-methyl/N-ethyl adjacent to an activating group) is 1. The number of benzene rings is 1. The van der Waals surface area contributed by atoms with Gasteiger partial charge in [-0.3, -0.25) is 14.4 Å². The molecule has 8 heteroatoms. The van der Waals surface area contributed by atoms with Crippen molar-refractivity contribution >= 4 is 29.4 Å². The number of carbonyl (C=O) groups is 4. The van der Waals surface area contributed by atoms with Crippen molar-refractivity contribution in [2.75, 3.05) is 24.6 Å². The van der Waals surface area contributed by atoms with Crippen molar-refractivity contribution in [3.05, 3.63) is 24.3 Å². The Balaban J connectivity index is 1.79. The monoisotopic (exact) mass is 401 g/mol. The van der Waals surface area contributed by atoms with Crippen LogP contribution >= 0.6 is 0 Å². The van der Waals surface area contributed by atoms with Crippen LogP contribution in [0.25, 0.3) is 0 Å². The normalized spacial score (nSPS) is 17.8. The highest BCUT2D eigenvalue weighted by Crippen LogP contribution is 2.32. The number of carbonyl (C=O) groups excluding carboxylic acids is 4. The predicted molar refractivity (Wildman–Crippen MR) is 106 cm³/mol. The number of para-hydroxylation sites is 2. The van der Waals surface area contributed by atoms with Crippen LogP contribution in [-0.2, 0) is 14.4 Å². The zero-order valence-electron chi connectivity index (χ0n) is 16.9. The largest absolute Gasteiger partial charge is 0.492 e. The minimum atomic E-state index is -0.991. The fourth-order valence-electron chi connectivity index (χ4n) is 4.03. The second-order valence-corrected chi connectivity index (χ2v) is 7.19. The molecule has 156 valence electrons. The van der Waals surface area contributed by atoms with Gasteiger partial charge < -0.3 is 9.64 Å². The zero-order valence-corrected chi connectivity index (χ0v) is 16.9. The summed E-state index contributed by atoms with van der Waals surface area (Å²) in [6, 6.07) is 5.84. The summed E-state index contributed by atoms with van der Waals surface area (Å²) in [5.41, 5.74) is 0.201. The summed E-state index contributed by atoms with van der Waals surface area (Å²) in [6.07, 6.45) is 5.14. The first-order valence-corrected chi connectivity index (χ1v) is 10.2. The molecule has 0 aromatic heterocycles. The maximum atomic E-state index is 12.9. The van der Waals surface area contributed by atoms with Crippen LogP contribution in [-0.4, -0.2) is 59.3 Å². The van der Waals surface area contributed by atoms with Gasteiger partial charge in [0.15, 0.2) is 0 Å². The van der Waals surface area contributed by atoms with Crippen molar-refractivity contribution in [2.45, 2.75) is 52.0 Å². The molecule has 0 N–H and O–H groups in total. The molecule has 1 saturated carbocycles. The third kappa shape index (κ3) is 4.11. The number of hydrogen-bond donors (Lipinski definition) is 0. The molecule has 1 heterocycles. The quantitative estimate of drug-likeness (QED) is 0.518. The minimum Gasteiger partial charge on any atom is -0.492 e. The highest BCUT2D eigenvalue weighted by atomic mass is 16.5. The fourth-order valence-corrected chi connectivity index (χ4v) is 4.03. The van der Waals surface area contributed by atoms with E-state index >= 15 is 0 Å². The molecule has 3 rings (SSSR count). The number of rotatable bonds is 7. The van der Waals surface area contributed by atoms with Gasteiger partial charge in [0.25, 0.3) is 0 Å². The minimum absolute atomic E-state index is 0.125. The third-order valence-electron chi connectivity index (χ3n) is 5.43. The number of anilines is 1. The van der Waals surface area contributed by atoms with Gasteiger partial charge >= 0.3 is 17.8 Å². The van der Waals surface area contributed by atoms with Gasteiger partial charge in [0.2, 0.25) is 5.91 Å². The Hall–Kier alpha value is -2.90. The lowest BCUT2D eigenvalue weighted by molar-refractivity contribution is -0.143. The van der Waals surface area contributed by atoms with Gasteiger partial charge in [-0.25, -0.2) is 14.6 Å². The first-order chi connectivity index (χ1) is 14.0. The van der Waals surface area contributed by atoms with Crippen molar-refractivity contribution in [3.63, 3.8) is 0 Å². The molecule has 1 saturated heterocycles. The van der Waals surface area contributed by atoms with E-state index < -0.39 is 24.4 Å². The lowest BCUT2D eigenvalue weighted by atomic mass is 9.94. The Labute approximate surface area is 170 Å². The standard InChI is InChI=1S/C21H27N3O5/c1-3-22(15-10-6-5-7-11-15)18(25)14-23-19(26)20(27)24(21(23)28)16-12-8-9-13-17(16)29-4-2/h8-9,12-13,15H,3-7,10-11,14H2,1-2H3. The molecule has 0 bridgehead atoms. The van der Waals surface area contributed by atoms with Gasteiger partial charge in [0.1, 0.15) is 12.3 Å². The van der Waals surface area contributed by atoms with Crippen LogP contribution < -0.4 is 9.64 Å². The molecule has 0 spiro atoms. The SMILES string of the molecule is CCOc1ccccc1N1C(=O)C(=O)N(CC(=O)N(CC)C2CCCCC2)C1=O. The summed E-state index contributed by atoms with van der Waals surface area (Å²) < 4.78 is 5.48. The highest BCUT2D eigenvalue weighted by molar-refractivity contribution is 6.53. The van der Waals surface area contributed by atoms with Crippen LogP contribution in [0.4, 0.5) is 10.5 Å². The second kappa shape index (κ2) is 9.07. The molecule has 2 fully saturated rings. The predicted octanol–water partition coefficient (Wildman–Crippen LogP) is 2.56. The van der Waals surface area contributed by atoms with Gasteiger partial charge in [0.05, 0.1) is 12.3 Å². The van der Waals surface area contributed by atoms with E-state index in [1.165, 1.54) is 0 Å². The smallest absolute Gasteiger partial charge is 0.339 e. The summed E-state index contributed by atoms with van der Waals surface area (Å²) in [6.45, 7) is 4.09. The van der Waals surface area contributed by atoms with Crippen molar-refractivity contribution < 1.29 is 23.9 Å². The lowest BCUT2D eigenvalue weighted by Gasteiger charge is -2.34. The van der Waals surface area contributed by atoms with Gasteiger partial charge in [-0.15, -0.1) is 0 Å². The fraction of sp³-hybridized carbons (Fsp3) is 0.524. The molecule has 5 amide bonds. The molecular formula is C21H27N3O5. The topological polar surface area (TPSA) is 87.2 Å². The average Bonchev–Trinajstić information content (AvgIpc) is 2.93. The molecule has 0 radical (unpaired) electrons. The number of urea groups is 1. The van der Waals surface area contributed by atoms with Gasteiger partial charge in [0, 0.05) is 12.6 Å². The first kappa shape index (κ1) is 20.8. The van der Waals surface area contributed by atoms with Gasteiger partial charge in [-0.2, -0.15) is 0 Å². The summed E-state index contributed by atoms with van der Waals surface area (Å²) in [5, 5.41) is 0. The third-order valence-corrected chi connectivity index (χ3v) is 5.43. The Kier molecular flexibility index (Phi) is 6.51. The maximum absolute atomic E-state index is 12.9. The van der Waals surface area contributed by atoms with Crippen LogP contribution in [0.2, 0.25) is 0 Å². The molecule has 29 heavy (non-hydrogen) atoms. The molecule has 2 aliphatic rings. The molecule has 1 aromatic carbocycles. The summed E-state index contributed by atoms with van der Waals surface area (Å²) in [5.74, 6) is -1.95. The second-order valence-electron chi connectivity index (χ2n) is 7.19. The van der Waals surface area contributed by atoms with Crippen molar-refractivity contribution in [2.24, 2.45) is 0 Å². The van der Waals surface area contributed by atoms with Crippen LogP contribution in [0.3, 0.4) is 0 Å². The number of ether oxygens (including phenoxy) is 1. The number of hydrogen-bond acceptors (Lipinski definition) is 5. The van der Waals surface area contributed by atoms with Crippen molar-refractivity contribution in [1.29, 1.82) is 0 Å². The van der Waals surface area contributed by atoms with Crippen LogP contribution in [0.1, 0.15) is 46.0 Å². The zero-order chi connectivity index (χ0) is 21.0. The summed E-state index contributed by atoms with van der Waals surface area (Å²) in [7, 11) is 0. The number of imide groups is 2. The lowest BCUT2D eigenvalue weighted by Crippen LogP contribution is -2.48. The molecule has 1 aliphatic heterocycles. The van der Waals surface area contributed by atoms with Crippen LogP contribution in [0.15, 0.2) is 24.3 Å². The van der Waals surface area contributed by atoms with E-state index in [1.54, 1.807) is 36.1 Å². The van der Waals surface area contributed by atoms with E-state index in [0.29, 0.717) is 18.9 Å².